The van der Waals surface area contributed by atoms with Gasteiger partial charge in [0.25, 0.3) is 0 Å². The average Bonchev–Trinajstić information content (AvgIpc) is 3.63. The minimum absolute atomic E-state index is 0.887. The predicted octanol–water partition coefficient (Wildman–Crippen LogP) is 12.2. The standard InChI is InChI=1S/C40H25NOS/c1-2-10-27-23-29(20-19-26(27)9-1)28-11-7-12-30(24-28)41(31-21-22-33-32-13-3-5-17-37(32)42-38(33)25-31)36-16-8-15-35-34-14-4-6-18-39(34)43-40(35)36/h1-25H. The molecule has 2 heterocycles. The van der Waals surface area contributed by atoms with Gasteiger partial charge in [0, 0.05) is 43.7 Å². The number of anilines is 3. The topological polar surface area (TPSA) is 16.4 Å². The molecule has 0 spiro atoms. The van der Waals surface area contributed by atoms with Crippen molar-refractivity contribution >= 4 is 81.3 Å². The van der Waals surface area contributed by atoms with Gasteiger partial charge in [-0.05, 0) is 70.4 Å². The Morgan fingerprint density at radius 3 is 2.12 bits per heavy atom. The van der Waals surface area contributed by atoms with Gasteiger partial charge in [0.05, 0.1) is 10.4 Å². The zero-order valence-electron chi connectivity index (χ0n) is 23.2. The number of nitrogens with zero attached hydrogens (tertiary/aromatic N) is 1. The Morgan fingerprint density at radius 2 is 1.16 bits per heavy atom. The lowest BCUT2D eigenvalue weighted by Crippen LogP contribution is -2.10. The van der Waals surface area contributed by atoms with Crippen LogP contribution in [0.4, 0.5) is 17.1 Å². The molecule has 9 aromatic rings. The van der Waals surface area contributed by atoms with Gasteiger partial charge in [0.2, 0.25) is 0 Å². The monoisotopic (exact) mass is 567 g/mol. The number of para-hydroxylation sites is 1. The molecule has 202 valence electrons. The highest BCUT2D eigenvalue weighted by Crippen LogP contribution is 2.46. The van der Waals surface area contributed by atoms with E-state index in [0.29, 0.717) is 0 Å². The maximum absolute atomic E-state index is 6.36. The first-order chi connectivity index (χ1) is 21.3. The third-order valence-electron chi connectivity index (χ3n) is 8.43. The molecule has 2 nitrogen and oxygen atoms in total. The molecule has 2 aromatic heterocycles. The van der Waals surface area contributed by atoms with E-state index in [9.17, 15) is 0 Å². The van der Waals surface area contributed by atoms with Crippen molar-refractivity contribution in [2.24, 2.45) is 0 Å². The Labute approximate surface area is 252 Å². The molecule has 43 heavy (non-hydrogen) atoms. The highest BCUT2D eigenvalue weighted by atomic mass is 32.1. The van der Waals surface area contributed by atoms with Crippen molar-refractivity contribution in [3.8, 4) is 11.1 Å². The van der Waals surface area contributed by atoms with Gasteiger partial charge in [-0.25, -0.2) is 0 Å². The number of benzene rings is 7. The minimum atomic E-state index is 0.887. The van der Waals surface area contributed by atoms with Crippen molar-refractivity contribution in [3.63, 3.8) is 0 Å². The van der Waals surface area contributed by atoms with Crippen molar-refractivity contribution in [1.82, 2.24) is 0 Å². The molecular formula is C40H25NOS. The summed E-state index contributed by atoms with van der Waals surface area (Å²) in [5.74, 6) is 0. The lowest BCUT2D eigenvalue weighted by molar-refractivity contribution is 0.669. The summed E-state index contributed by atoms with van der Waals surface area (Å²) < 4.78 is 8.92. The van der Waals surface area contributed by atoms with Crippen LogP contribution in [0.15, 0.2) is 156 Å². The second-order valence-electron chi connectivity index (χ2n) is 11.0. The Morgan fingerprint density at radius 1 is 0.442 bits per heavy atom. The number of thiophene rings is 1. The highest BCUT2D eigenvalue weighted by Gasteiger charge is 2.20. The summed E-state index contributed by atoms with van der Waals surface area (Å²) in [6.07, 6.45) is 0. The smallest absolute Gasteiger partial charge is 0.137 e. The van der Waals surface area contributed by atoms with E-state index in [2.05, 4.69) is 144 Å². The van der Waals surface area contributed by atoms with Crippen LogP contribution in [0.5, 0.6) is 0 Å². The Bertz CT molecular complexity index is 2480. The van der Waals surface area contributed by atoms with Gasteiger partial charge in [-0.3, -0.25) is 0 Å². The van der Waals surface area contributed by atoms with Gasteiger partial charge in [-0.15, -0.1) is 11.3 Å². The van der Waals surface area contributed by atoms with Crippen molar-refractivity contribution in [1.29, 1.82) is 0 Å². The SMILES string of the molecule is c1cc(-c2ccc3ccccc3c2)cc(N(c2ccc3c(c2)oc2ccccc23)c2cccc3c2sc2ccccc23)c1. The van der Waals surface area contributed by atoms with Gasteiger partial charge >= 0.3 is 0 Å². The number of furan rings is 1. The van der Waals surface area contributed by atoms with Gasteiger partial charge in [-0.1, -0.05) is 97.1 Å². The van der Waals surface area contributed by atoms with Crippen LogP contribution in [0.1, 0.15) is 0 Å². The molecule has 0 saturated heterocycles. The summed E-state index contributed by atoms with van der Waals surface area (Å²) in [7, 11) is 0. The number of fused-ring (bicyclic) bond motifs is 7. The summed E-state index contributed by atoms with van der Waals surface area (Å²) in [6.45, 7) is 0. The second kappa shape index (κ2) is 9.59. The number of rotatable bonds is 4. The summed E-state index contributed by atoms with van der Waals surface area (Å²) in [5.41, 5.74) is 7.50. The highest BCUT2D eigenvalue weighted by molar-refractivity contribution is 7.26. The predicted molar refractivity (Wildman–Crippen MR) is 184 cm³/mol. The lowest BCUT2D eigenvalue weighted by Gasteiger charge is -2.26. The first-order valence-corrected chi connectivity index (χ1v) is 15.3. The maximum Gasteiger partial charge on any atom is 0.137 e. The first-order valence-electron chi connectivity index (χ1n) is 14.5. The molecule has 0 atom stereocenters. The number of hydrogen-bond donors (Lipinski definition) is 0. The van der Waals surface area contributed by atoms with E-state index in [1.54, 1.807) is 0 Å². The fourth-order valence-electron chi connectivity index (χ4n) is 6.38. The zero-order chi connectivity index (χ0) is 28.3. The van der Waals surface area contributed by atoms with Gasteiger partial charge < -0.3 is 9.32 Å². The first kappa shape index (κ1) is 24.2. The largest absolute Gasteiger partial charge is 0.456 e. The fourth-order valence-corrected chi connectivity index (χ4v) is 7.59. The van der Waals surface area contributed by atoms with Gasteiger partial charge in [-0.2, -0.15) is 0 Å². The third-order valence-corrected chi connectivity index (χ3v) is 9.64. The molecule has 0 aliphatic heterocycles. The van der Waals surface area contributed by atoms with E-state index in [4.69, 9.17) is 4.42 Å². The van der Waals surface area contributed by atoms with E-state index in [0.717, 1.165) is 39.0 Å². The molecule has 0 aliphatic rings. The summed E-state index contributed by atoms with van der Waals surface area (Å²) in [5, 5.41) is 7.33. The molecule has 0 aliphatic carbocycles. The average molecular weight is 568 g/mol. The minimum Gasteiger partial charge on any atom is -0.456 e. The van der Waals surface area contributed by atoms with Crippen molar-refractivity contribution < 1.29 is 4.42 Å². The van der Waals surface area contributed by atoms with Crippen molar-refractivity contribution in [2.45, 2.75) is 0 Å². The molecule has 9 rings (SSSR count). The molecule has 0 radical (unpaired) electrons. The fraction of sp³-hybridized carbons (Fsp3) is 0. The van der Waals surface area contributed by atoms with Crippen LogP contribution in [0, 0.1) is 0 Å². The Hall–Kier alpha value is -5.38. The van der Waals surface area contributed by atoms with Crippen LogP contribution in [0.2, 0.25) is 0 Å². The van der Waals surface area contributed by atoms with E-state index in [1.165, 1.54) is 42.1 Å². The van der Waals surface area contributed by atoms with Crippen LogP contribution in [0.3, 0.4) is 0 Å². The summed E-state index contributed by atoms with van der Waals surface area (Å²) in [6, 6.07) is 54.3. The van der Waals surface area contributed by atoms with Crippen LogP contribution in [0.25, 0.3) is 64.0 Å². The van der Waals surface area contributed by atoms with Crippen molar-refractivity contribution in [2.75, 3.05) is 4.90 Å². The molecule has 0 amide bonds. The molecule has 0 N–H and O–H groups in total. The van der Waals surface area contributed by atoms with Gasteiger partial charge in [0.1, 0.15) is 11.2 Å². The van der Waals surface area contributed by atoms with E-state index in [-0.39, 0.29) is 0 Å². The second-order valence-corrected chi connectivity index (χ2v) is 12.0. The molecule has 3 heteroatoms. The Kier molecular flexibility index (Phi) is 5.40. The van der Waals surface area contributed by atoms with Crippen LogP contribution in [-0.4, -0.2) is 0 Å². The maximum atomic E-state index is 6.36. The zero-order valence-corrected chi connectivity index (χ0v) is 24.0. The van der Waals surface area contributed by atoms with Crippen LogP contribution >= 0.6 is 11.3 Å². The lowest BCUT2D eigenvalue weighted by atomic mass is 10.0. The van der Waals surface area contributed by atoms with E-state index < -0.39 is 0 Å². The third kappa shape index (κ3) is 3.93. The quantitative estimate of drug-likeness (QED) is 0.210. The molecular weight excluding hydrogens is 543 g/mol. The van der Waals surface area contributed by atoms with E-state index >= 15 is 0 Å². The molecule has 0 fully saturated rings. The molecule has 7 aromatic carbocycles. The molecule has 0 bridgehead atoms. The van der Waals surface area contributed by atoms with Crippen LogP contribution in [-0.2, 0) is 0 Å². The Balaban J connectivity index is 1.28. The molecule has 0 saturated carbocycles. The molecule has 0 unspecified atom stereocenters. The van der Waals surface area contributed by atoms with Crippen LogP contribution < -0.4 is 4.90 Å². The van der Waals surface area contributed by atoms with E-state index in [1.807, 2.05) is 23.5 Å². The number of hydrogen-bond acceptors (Lipinski definition) is 3. The van der Waals surface area contributed by atoms with Crippen molar-refractivity contribution in [3.05, 3.63) is 152 Å². The van der Waals surface area contributed by atoms with Gasteiger partial charge in [0.15, 0.2) is 0 Å². The normalized spacial score (nSPS) is 11.7. The summed E-state index contributed by atoms with van der Waals surface area (Å²) >= 11 is 1.85. The summed E-state index contributed by atoms with van der Waals surface area (Å²) in [4.78, 5) is 2.38.